The molecule has 0 radical (unpaired) electrons. The van der Waals surface area contributed by atoms with E-state index in [0.29, 0.717) is 24.7 Å². The third kappa shape index (κ3) is 6.82. The molecule has 0 unspecified atom stereocenters. The molecule has 1 rings (SSSR count). The van der Waals surface area contributed by atoms with Crippen LogP contribution >= 0.6 is 11.6 Å². The lowest BCUT2D eigenvalue weighted by atomic mass is 10.1. The van der Waals surface area contributed by atoms with Crippen LogP contribution in [-0.2, 0) is 6.54 Å². The van der Waals surface area contributed by atoms with Crippen molar-refractivity contribution in [2.45, 2.75) is 33.2 Å². The fraction of sp³-hybridized carbons (Fsp3) is 0.562. The van der Waals surface area contributed by atoms with Crippen molar-refractivity contribution in [3.05, 3.63) is 34.9 Å². The third-order valence-corrected chi connectivity index (χ3v) is 3.50. The molecule has 0 fully saturated rings. The third-order valence-electron chi connectivity index (χ3n) is 3.27. The van der Waals surface area contributed by atoms with Crippen molar-refractivity contribution < 1.29 is 9.90 Å². The van der Waals surface area contributed by atoms with Crippen molar-refractivity contribution in [2.75, 3.05) is 19.7 Å². The first-order valence-corrected chi connectivity index (χ1v) is 7.82. The highest BCUT2D eigenvalue weighted by atomic mass is 35.5. The van der Waals surface area contributed by atoms with Crippen LogP contribution in [0.3, 0.4) is 0 Å². The molecule has 0 saturated carbocycles. The van der Waals surface area contributed by atoms with Crippen molar-refractivity contribution >= 4 is 17.6 Å². The molecule has 2 N–H and O–H groups in total. The summed E-state index contributed by atoms with van der Waals surface area (Å²) in [5.74, 6) is 0.206. The van der Waals surface area contributed by atoms with E-state index in [9.17, 15) is 4.79 Å². The second kappa shape index (κ2) is 9.64. The predicted octanol–water partition coefficient (Wildman–Crippen LogP) is 3.28. The van der Waals surface area contributed by atoms with E-state index in [1.165, 1.54) is 0 Å². The number of halogens is 1. The fourth-order valence-corrected chi connectivity index (χ4v) is 2.22. The van der Waals surface area contributed by atoms with E-state index >= 15 is 0 Å². The zero-order valence-corrected chi connectivity index (χ0v) is 13.6. The minimum atomic E-state index is -0.0676. The molecule has 0 aliphatic heterocycles. The average Bonchev–Trinajstić information content (AvgIpc) is 2.46. The lowest BCUT2D eigenvalue weighted by Crippen LogP contribution is -2.40. The Kier molecular flexibility index (Phi) is 8.16. The smallest absolute Gasteiger partial charge is 0.317 e. The van der Waals surface area contributed by atoms with Gasteiger partial charge in [-0.05, 0) is 36.5 Å². The van der Waals surface area contributed by atoms with Gasteiger partial charge in [0.2, 0.25) is 0 Å². The highest BCUT2D eigenvalue weighted by molar-refractivity contribution is 6.30. The molecule has 1 aromatic rings. The number of aliphatic hydroxyl groups excluding tert-OH is 1. The van der Waals surface area contributed by atoms with Gasteiger partial charge in [0.05, 0.1) is 0 Å². The highest BCUT2D eigenvalue weighted by Gasteiger charge is 2.13. The van der Waals surface area contributed by atoms with Crippen LogP contribution in [0.15, 0.2) is 24.3 Å². The Labute approximate surface area is 132 Å². The van der Waals surface area contributed by atoms with Crippen LogP contribution in [0.1, 0.15) is 32.3 Å². The second-order valence-electron chi connectivity index (χ2n) is 5.36. The largest absolute Gasteiger partial charge is 0.396 e. The van der Waals surface area contributed by atoms with E-state index < -0.39 is 0 Å². The zero-order chi connectivity index (χ0) is 15.7. The fourth-order valence-electron chi connectivity index (χ4n) is 2.01. The molecule has 0 aromatic heterocycles. The maximum Gasteiger partial charge on any atom is 0.317 e. The molecular weight excluding hydrogens is 288 g/mol. The Morgan fingerprint density at radius 1 is 1.48 bits per heavy atom. The molecule has 1 atom stereocenters. The Hall–Kier alpha value is -1.26. The van der Waals surface area contributed by atoms with Crippen LogP contribution < -0.4 is 5.32 Å². The van der Waals surface area contributed by atoms with Gasteiger partial charge < -0.3 is 15.3 Å². The van der Waals surface area contributed by atoms with E-state index in [4.69, 9.17) is 16.7 Å². The quantitative estimate of drug-likeness (QED) is 0.774. The monoisotopic (exact) mass is 312 g/mol. The topological polar surface area (TPSA) is 52.6 Å². The lowest BCUT2D eigenvalue weighted by molar-refractivity contribution is 0.191. The number of hydrogen-bond acceptors (Lipinski definition) is 2. The number of rotatable bonds is 8. The molecule has 21 heavy (non-hydrogen) atoms. The normalized spacial score (nSPS) is 12.0. The molecular formula is C16H25ClN2O2. The lowest BCUT2D eigenvalue weighted by Gasteiger charge is -2.23. The maximum atomic E-state index is 12.2. The summed E-state index contributed by atoms with van der Waals surface area (Å²) < 4.78 is 0. The van der Waals surface area contributed by atoms with Crippen molar-refractivity contribution in [3.8, 4) is 0 Å². The summed E-state index contributed by atoms with van der Waals surface area (Å²) in [5.41, 5.74) is 1.02. The summed E-state index contributed by atoms with van der Waals surface area (Å²) in [6.07, 6.45) is 1.68. The molecule has 2 amide bonds. The van der Waals surface area contributed by atoms with E-state index in [2.05, 4.69) is 5.32 Å². The number of hydrogen-bond donors (Lipinski definition) is 2. The van der Waals surface area contributed by atoms with Crippen LogP contribution in [0, 0.1) is 5.92 Å². The number of urea groups is 1. The minimum absolute atomic E-state index is 0.0676. The molecule has 0 heterocycles. The standard InChI is InChI=1S/C16H25ClN2O2/c1-3-9-19(11-14-5-4-6-15(17)10-14)16(21)18-8-7-13(2)12-20/h4-6,10,13,20H,3,7-9,11-12H2,1-2H3,(H,18,21)/t13-/m1/s1. The first-order valence-electron chi connectivity index (χ1n) is 7.44. The highest BCUT2D eigenvalue weighted by Crippen LogP contribution is 2.13. The summed E-state index contributed by atoms with van der Waals surface area (Å²) in [6, 6.07) is 7.50. The Balaban J connectivity index is 2.53. The molecule has 0 aliphatic carbocycles. The van der Waals surface area contributed by atoms with Gasteiger partial charge in [0, 0.05) is 31.3 Å². The number of amides is 2. The molecule has 4 nitrogen and oxygen atoms in total. The van der Waals surface area contributed by atoms with Crippen LogP contribution in [-0.4, -0.2) is 35.7 Å². The number of aliphatic hydroxyl groups is 1. The molecule has 0 spiro atoms. The Morgan fingerprint density at radius 2 is 2.24 bits per heavy atom. The van der Waals surface area contributed by atoms with Crippen molar-refractivity contribution in [2.24, 2.45) is 5.92 Å². The first-order chi connectivity index (χ1) is 10.1. The van der Waals surface area contributed by atoms with Gasteiger partial charge in [-0.1, -0.05) is 37.6 Å². The molecule has 1 aromatic carbocycles. The van der Waals surface area contributed by atoms with Gasteiger partial charge >= 0.3 is 6.03 Å². The minimum Gasteiger partial charge on any atom is -0.396 e. The number of carbonyl (C=O) groups is 1. The summed E-state index contributed by atoms with van der Waals surface area (Å²) >= 11 is 5.98. The van der Waals surface area contributed by atoms with Gasteiger partial charge in [0.15, 0.2) is 0 Å². The van der Waals surface area contributed by atoms with Gasteiger partial charge in [-0.3, -0.25) is 0 Å². The van der Waals surface area contributed by atoms with E-state index in [1.54, 1.807) is 4.90 Å². The van der Waals surface area contributed by atoms with Crippen molar-refractivity contribution in [1.29, 1.82) is 0 Å². The van der Waals surface area contributed by atoms with Crippen LogP contribution in [0.2, 0.25) is 5.02 Å². The van der Waals surface area contributed by atoms with E-state index in [-0.39, 0.29) is 18.6 Å². The average molecular weight is 313 g/mol. The van der Waals surface area contributed by atoms with Crippen LogP contribution in [0.25, 0.3) is 0 Å². The number of nitrogens with one attached hydrogen (secondary N) is 1. The second-order valence-corrected chi connectivity index (χ2v) is 5.80. The molecule has 118 valence electrons. The molecule has 0 aliphatic rings. The number of carbonyl (C=O) groups excluding carboxylic acids is 1. The first kappa shape index (κ1) is 17.8. The van der Waals surface area contributed by atoms with Crippen LogP contribution in [0.5, 0.6) is 0 Å². The maximum absolute atomic E-state index is 12.2. The molecule has 5 heteroatoms. The Bertz CT molecular complexity index is 440. The van der Waals surface area contributed by atoms with Gasteiger partial charge in [-0.25, -0.2) is 4.79 Å². The van der Waals surface area contributed by atoms with Gasteiger partial charge in [0.1, 0.15) is 0 Å². The van der Waals surface area contributed by atoms with Gasteiger partial charge in [0.25, 0.3) is 0 Å². The van der Waals surface area contributed by atoms with Gasteiger partial charge in [-0.15, -0.1) is 0 Å². The molecule has 0 bridgehead atoms. The predicted molar refractivity (Wildman–Crippen MR) is 86.4 cm³/mol. The van der Waals surface area contributed by atoms with Gasteiger partial charge in [-0.2, -0.15) is 0 Å². The van der Waals surface area contributed by atoms with Crippen LogP contribution in [0.4, 0.5) is 4.79 Å². The summed E-state index contributed by atoms with van der Waals surface area (Å²) in [5, 5.41) is 12.6. The SMILES string of the molecule is CCCN(Cc1cccc(Cl)c1)C(=O)NCC[C@@H](C)CO. The van der Waals surface area contributed by atoms with E-state index in [0.717, 1.165) is 18.4 Å². The Morgan fingerprint density at radius 3 is 2.86 bits per heavy atom. The summed E-state index contributed by atoms with van der Waals surface area (Å²) in [7, 11) is 0. The number of benzene rings is 1. The molecule has 0 saturated heterocycles. The zero-order valence-electron chi connectivity index (χ0n) is 12.8. The van der Waals surface area contributed by atoms with Crippen molar-refractivity contribution in [3.63, 3.8) is 0 Å². The number of nitrogens with zero attached hydrogens (tertiary/aromatic N) is 1. The van der Waals surface area contributed by atoms with Crippen molar-refractivity contribution in [1.82, 2.24) is 10.2 Å². The van der Waals surface area contributed by atoms with E-state index in [1.807, 2.05) is 38.1 Å². The summed E-state index contributed by atoms with van der Waals surface area (Å²) in [4.78, 5) is 14.0. The summed E-state index contributed by atoms with van der Waals surface area (Å²) in [6.45, 7) is 5.99.